The molecule has 22 heavy (non-hydrogen) atoms. The number of aromatic nitrogens is 4. The van der Waals surface area contributed by atoms with Crippen LogP contribution in [0.4, 0.5) is 5.13 Å². The average molecular weight is 319 g/mol. The van der Waals surface area contributed by atoms with E-state index in [2.05, 4.69) is 20.6 Å². The van der Waals surface area contributed by atoms with Crippen LogP contribution in [0.1, 0.15) is 38.5 Å². The molecular weight excluding hydrogens is 302 g/mol. The van der Waals surface area contributed by atoms with E-state index in [9.17, 15) is 9.90 Å². The van der Waals surface area contributed by atoms with Crippen LogP contribution in [0, 0.1) is 17.3 Å². The standard InChI is InChI=1S/C14H17N5O2S/c20-10(16-11-18-19-7-15-17-12(19)22-11)13-2-8-1-9(3-13)5-14(21,4-8)6-13/h7-9,21H,1-6H2,(H,16,18,20)/t8-,9+,13?,14?. The number of aliphatic hydroxyl groups is 1. The normalized spacial score (nSPS) is 39.5. The van der Waals surface area contributed by atoms with Gasteiger partial charge >= 0.3 is 0 Å². The Morgan fingerprint density at radius 1 is 1.36 bits per heavy atom. The van der Waals surface area contributed by atoms with Crippen LogP contribution in [0.5, 0.6) is 0 Å². The Labute approximate surface area is 130 Å². The van der Waals surface area contributed by atoms with Gasteiger partial charge in [-0.1, -0.05) is 11.3 Å². The van der Waals surface area contributed by atoms with E-state index >= 15 is 0 Å². The first kappa shape index (κ1) is 13.0. The van der Waals surface area contributed by atoms with Gasteiger partial charge in [0.2, 0.25) is 16.0 Å². The number of nitrogens with one attached hydrogen (secondary N) is 1. The lowest BCUT2D eigenvalue weighted by atomic mass is 9.47. The highest BCUT2D eigenvalue weighted by Gasteiger charge is 2.60. The van der Waals surface area contributed by atoms with E-state index in [4.69, 9.17) is 0 Å². The maximum absolute atomic E-state index is 12.9. The molecule has 0 aliphatic heterocycles. The highest BCUT2D eigenvalue weighted by molar-refractivity contribution is 7.20. The Hall–Kier alpha value is -1.54. The number of carbonyl (C=O) groups is 1. The first-order chi connectivity index (χ1) is 10.5. The molecule has 2 aromatic rings. The van der Waals surface area contributed by atoms with Crippen LogP contribution < -0.4 is 5.32 Å². The number of nitrogens with zero attached hydrogens (tertiary/aromatic N) is 4. The fourth-order valence-electron chi connectivity index (χ4n) is 5.32. The second-order valence-electron chi connectivity index (χ2n) is 7.39. The van der Waals surface area contributed by atoms with Crippen molar-refractivity contribution in [3.8, 4) is 0 Å². The summed E-state index contributed by atoms with van der Waals surface area (Å²) in [5, 5.41) is 26.2. The number of hydrogen-bond acceptors (Lipinski definition) is 6. The van der Waals surface area contributed by atoms with Crippen LogP contribution in [-0.2, 0) is 4.79 Å². The second kappa shape index (κ2) is 4.05. The maximum atomic E-state index is 12.9. The van der Waals surface area contributed by atoms with Crippen molar-refractivity contribution in [2.75, 3.05) is 5.32 Å². The highest BCUT2D eigenvalue weighted by Crippen LogP contribution is 2.61. The predicted molar refractivity (Wildman–Crippen MR) is 79.4 cm³/mol. The molecule has 2 N–H and O–H groups in total. The molecule has 4 bridgehead atoms. The van der Waals surface area contributed by atoms with Crippen molar-refractivity contribution in [2.45, 2.75) is 44.1 Å². The first-order valence-electron chi connectivity index (χ1n) is 7.74. The first-order valence-corrected chi connectivity index (χ1v) is 8.56. The Balaban J connectivity index is 1.43. The molecular formula is C14H17N5O2S. The number of rotatable bonds is 2. The lowest BCUT2D eigenvalue weighted by Gasteiger charge is -2.59. The second-order valence-corrected chi connectivity index (χ2v) is 8.34. The Morgan fingerprint density at radius 2 is 2.14 bits per heavy atom. The molecule has 7 nitrogen and oxygen atoms in total. The van der Waals surface area contributed by atoms with Crippen LogP contribution in [-0.4, -0.2) is 36.4 Å². The van der Waals surface area contributed by atoms with Crippen LogP contribution in [0.25, 0.3) is 4.96 Å². The maximum Gasteiger partial charge on any atom is 0.236 e. The van der Waals surface area contributed by atoms with Crippen molar-refractivity contribution >= 4 is 27.3 Å². The molecule has 4 aliphatic carbocycles. The van der Waals surface area contributed by atoms with Crippen molar-refractivity contribution in [1.29, 1.82) is 0 Å². The Kier molecular flexibility index (Phi) is 2.38. The Morgan fingerprint density at radius 3 is 2.82 bits per heavy atom. The van der Waals surface area contributed by atoms with Gasteiger partial charge in [-0.3, -0.25) is 4.79 Å². The van der Waals surface area contributed by atoms with Gasteiger partial charge in [-0.15, -0.1) is 15.3 Å². The van der Waals surface area contributed by atoms with Gasteiger partial charge < -0.3 is 10.4 Å². The van der Waals surface area contributed by atoms with Gasteiger partial charge in [0, 0.05) is 0 Å². The number of fused-ring (bicyclic) bond motifs is 1. The van der Waals surface area contributed by atoms with E-state index in [1.54, 1.807) is 4.52 Å². The lowest BCUT2D eigenvalue weighted by molar-refractivity contribution is -0.174. The van der Waals surface area contributed by atoms with Crippen molar-refractivity contribution < 1.29 is 9.90 Å². The molecule has 2 unspecified atom stereocenters. The third-order valence-corrected chi connectivity index (χ3v) is 6.45. The zero-order valence-corrected chi connectivity index (χ0v) is 12.8. The summed E-state index contributed by atoms with van der Waals surface area (Å²) in [6, 6.07) is 0. The molecule has 4 saturated carbocycles. The minimum Gasteiger partial charge on any atom is -0.390 e. The third-order valence-electron chi connectivity index (χ3n) is 5.62. The average Bonchev–Trinajstić information content (AvgIpc) is 2.96. The zero-order valence-electron chi connectivity index (χ0n) is 12.0. The molecule has 2 aromatic heterocycles. The predicted octanol–water partition coefficient (Wildman–Crippen LogP) is 1.46. The van der Waals surface area contributed by atoms with Crippen molar-refractivity contribution in [2.24, 2.45) is 17.3 Å². The molecule has 0 spiro atoms. The smallest absolute Gasteiger partial charge is 0.236 e. The van der Waals surface area contributed by atoms with Gasteiger partial charge in [-0.05, 0) is 50.4 Å². The number of amides is 1. The van der Waals surface area contributed by atoms with E-state index in [1.165, 1.54) is 24.1 Å². The summed E-state index contributed by atoms with van der Waals surface area (Å²) in [5.41, 5.74) is -1.03. The van der Waals surface area contributed by atoms with E-state index in [1.807, 2.05) is 0 Å². The minimum absolute atomic E-state index is 0.0185. The van der Waals surface area contributed by atoms with Crippen molar-refractivity contribution in [3.63, 3.8) is 0 Å². The monoisotopic (exact) mass is 319 g/mol. The molecule has 2 heterocycles. The minimum atomic E-state index is -0.622. The van der Waals surface area contributed by atoms with Gasteiger partial charge in [-0.2, -0.15) is 4.52 Å². The van der Waals surface area contributed by atoms with Crippen molar-refractivity contribution in [3.05, 3.63) is 6.33 Å². The molecule has 6 rings (SSSR count). The molecule has 0 aromatic carbocycles. The molecule has 1 amide bonds. The zero-order chi connectivity index (χ0) is 14.9. The van der Waals surface area contributed by atoms with Crippen LogP contribution in [0.15, 0.2) is 6.33 Å². The number of hydrogen-bond donors (Lipinski definition) is 2. The third kappa shape index (κ3) is 1.77. The molecule has 116 valence electrons. The summed E-state index contributed by atoms with van der Waals surface area (Å²) >= 11 is 1.32. The molecule has 4 aliphatic rings. The van der Waals surface area contributed by atoms with E-state index in [-0.39, 0.29) is 5.91 Å². The van der Waals surface area contributed by atoms with Gasteiger partial charge in [0.15, 0.2) is 0 Å². The SMILES string of the molecule is O=C(Nc1nn2cnnc2s1)C12C[C@@H]3C[C@@H](CC(O)(C3)C1)C2. The summed E-state index contributed by atoms with van der Waals surface area (Å²) in [6.07, 6.45) is 6.85. The van der Waals surface area contributed by atoms with E-state index in [0.29, 0.717) is 28.3 Å². The molecule has 0 radical (unpaired) electrons. The fraction of sp³-hybridized carbons (Fsp3) is 0.714. The topological polar surface area (TPSA) is 92.4 Å². The van der Waals surface area contributed by atoms with E-state index in [0.717, 1.165) is 25.7 Å². The van der Waals surface area contributed by atoms with Crippen LogP contribution in [0.2, 0.25) is 0 Å². The molecule has 8 heteroatoms. The largest absolute Gasteiger partial charge is 0.390 e. The number of carbonyl (C=O) groups excluding carboxylic acids is 1. The van der Waals surface area contributed by atoms with Crippen LogP contribution >= 0.6 is 11.3 Å². The van der Waals surface area contributed by atoms with Gasteiger partial charge in [-0.25, -0.2) is 0 Å². The summed E-state index contributed by atoms with van der Waals surface area (Å²) in [4.78, 5) is 13.6. The summed E-state index contributed by atoms with van der Waals surface area (Å²) in [7, 11) is 0. The summed E-state index contributed by atoms with van der Waals surface area (Å²) < 4.78 is 1.56. The van der Waals surface area contributed by atoms with E-state index < -0.39 is 11.0 Å². The molecule has 0 saturated heterocycles. The summed E-state index contributed by atoms with van der Waals surface area (Å²) in [5.74, 6) is 1.01. The quantitative estimate of drug-likeness (QED) is 0.874. The van der Waals surface area contributed by atoms with Gasteiger partial charge in [0.05, 0.1) is 11.0 Å². The van der Waals surface area contributed by atoms with Crippen LogP contribution in [0.3, 0.4) is 0 Å². The fourth-order valence-corrected chi connectivity index (χ4v) is 6.03. The molecule has 4 atom stereocenters. The Bertz CT molecular complexity index is 726. The summed E-state index contributed by atoms with van der Waals surface area (Å²) in [6.45, 7) is 0. The number of anilines is 1. The lowest BCUT2D eigenvalue weighted by Crippen LogP contribution is -2.59. The highest BCUT2D eigenvalue weighted by atomic mass is 32.1. The van der Waals surface area contributed by atoms with Gasteiger partial charge in [0.25, 0.3) is 0 Å². The molecule has 4 fully saturated rings. The van der Waals surface area contributed by atoms with Gasteiger partial charge in [0.1, 0.15) is 6.33 Å². The van der Waals surface area contributed by atoms with Crippen molar-refractivity contribution in [1.82, 2.24) is 19.8 Å².